The number of hydrogen-bond acceptors (Lipinski definition) is 3. The number of nitrogens with zero attached hydrogens (tertiary/aromatic N) is 1. The Kier molecular flexibility index (Phi) is 2.34. The number of halogens is 2. The SMILES string of the molecule is O=C1COC2C(C(F)F)CN(C(=O)O)C12. The molecule has 3 unspecified atom stereocenters. The number of Topliss-reactive ketones (excluding diaryl/α,β-unsaturated/α-hetero) is 1. The van der Waals surface area contributed by atoms with Gasteiger partial charge in [-0.15, -0.1) is 0 Å². The zero-order valence-electron chi connectivity index (χ0n) is 7.60. The maximum absolute atomic E-state index is 12.5. The molecule has 0 saturated carbocycles. The van der Waals surface area contributed by atoms with Gasteiger partial charge in [0.1, 0.15) is 12.6 Å². The van der Waals surface area contributed by atoms with Crippen LogP contribution in [0.5, 0.6) is 0 Å². The van der Waals surface area contributed by atoms with Gasteiger partial charge < -0.3 is 9.84 Å². The molecule has 0 aliphatic carbocycles. The molecule has 1 N–H and O–H groups in total. The average Bonchev–Trinajstić information content (AvgIpc) is 2.66. The lowest BCUT2D eigenvalue weighted by molar-refractivity contribution is -0.121. The summed E-state index contributed by atoms with van der Waals surface area (Å²) in [6.07, 6.45) is -5.01. The van der Waals surface area contributed by atoms with Crippen molar-refractivity contribution in [1.82, 2.24) is 4.90 Å². The molecule has 2 aliphatic rings. The molecule has 15 heavy (non-hydrogen) atoms. The third-order valence-electron chi connectivity index (χ3n) is 2.79. The number of rotatable bonds is 1. The van der Waals surface area contributed by atoms with E-state index in [-0.39, 0.29) is 13.2 Å². The first kappa shape index (κ1) is 10.3. The lowest BCUT2D eigenvalue weighted by atomic mass is 10.0. The summed E-state index contributed by atoms with van der Waals surface area (Å²) in [5.41, 5.74) is 0. The van der Waals surface area contributed by atoms with Crippen LogP contribution in [-0.4, -0.2) is 53.6 Å². The van der Waals surface area contributed by atoms with Crippen LogP contribution < -0.4 is 0 Å². The third kappa shape index (κ3) is 1.46. The quantitative estimate of drug-likeness (QED) is 0.686. The summed E-state index contributed by atoms with van der Waals surface area (Å²) in [5.74, 6) is -1.64. The Balaban J connectivity index is 2.24. The molecule has 0 aromatic rings. The van der Waals surface area contributed by atoms with Gasteiger partial charge in [0.2, 0.25) is 6.43 Å². The molecule has 0 bridgehead atoms. The minimum atomic E-state index is -2.67. The average molecular weight is 221 g/mol. The molecular weight excluding hydrogens is 212 g/mol. The van der Waals surface area contributed by atoms with Gasteiger partial charge in [0.05, 0.1) is 12.0 Å². The largest absolute Gasteiger partial charge is 0.465 e. The summed E-state index contributed by atoms with van der Waals surface area (Å²) >= 11 is 0. The molecule has 0 aromatic carbocycles. The minimum Gasteiger partial charge on any atom is -0.465 e. The standard InChI is InChI=1S/C8H9F2NO4/c9-7(10)3-1-11(8(13)14)5-4(12)2-15-6(3)5/h3,5-7H,1-2H2,(H,13,14). The van der Waals surface area contributed by atoms with E-state index >= 15 is 0 Å². The van der Waals surface area contributed by atoms with E-state index in [9.17, 15) is 18.4 Å². The van der Waals surface area contributed by atoms with Crippen molar-refractivity contribution in [2.45, 2.75) is 18.6 Å². The van der Waals surface area contributed by atoms with Crippen LogP contribution in [0.25, 0.3) is 0 Å². The highest BCUT2D eigenvalue weighted by Crippen LogP contribution is 2.34. The van der Waals surface area contributed by atoms with Crippen molar-refractivity contribution in [3.05, 3.63) is 0 Å². The number of alkyl halides is 2. The van der Waals surface area contributed by atoms with Gasteiger partial charge in [0.25, 0.3) is 0 Å². The van der Waals surface area contributed by atoms with Crippen LogP contribution in [0.3, 0.4) is 0 Å². The molecule has 2 heterocycles. The summed E-state index contributed by atoms with van der Waals surface area (Å²) in [7, 11) is 0. The Labute approximate surface area is 83.6 Å². The van der Waals surface area contributed by atoms with Gasteiger partial charge in [-0.2, -0.15) is 0 Å². The summed E-state index contributed by atoms with van der Waals surface area (Å²) in [4.78, 5) is 22.7. The number of ketones is 1. The second-order valence-corrected chi connectivity index (χ2v) is 3.62. The van der Waals surface area contributed by atoms with E-state index in [0.29, 0.717) is 0 Å². The van der Waals surface area contributed by atoms with Crippen LogP contribution >= 0.6 is 0 Å². The summed E-state index contributed by atoms with van der Waals surface area (Å²) < 4.78 is 30.0. The first-order valence-electron chi connectivity index (χ1n) is 4.44. The summed E-state index contributed by atoms with van der Waals surface area (Å²) in [6.45, 7) is -0.615. The normalized spacial score (nSPS) is 35.0. The summed E-state index contributed by atoms with van der Waals surface area (Å²) in [5, 5.41) is 8.75. The van der Waals surface area contributed by atoms with Crippen molar-refractivity contribution < 1.29 is 28.2 Å². The van der Waals surface area contributed by atoms with Gasteiger partial charge in [-0.25, -0.2) is 13.6 Å². The van der Waals surface area contributed by atoms with E-state index in [2.05, 4.69) is 0 Å². The van der Waals surface area contributed by atoms with Crippen molar-refractivity contribution in [2.75, 3.05) is 13.2 Å². The van der Waals surface area contributed by atoms with Crippen LogP contribution in [0.15, 0.2) is 0 Å². The van der Waals surface area contributed by atoms with E-state index < -0.39 is 36.4 Å². The third-order valence-corrected chi connectivity index (χ3v) is 2.79. The molecule has 3 atom stereocenters. The minimum absolute atomic E-state index is 0.275. The number of likely N-dealkylation sites (tertiary alicyclic amines) is 1. The van der Waals surface area contributed by atoms with Crippen LogP contribution in [-0.2, 0) is 9.53 Å². The van der Waals surface area contributed by atoms with Crippen molar-refractivity contribution >= 4 is 11.9 Å². The molecule has 1 amide bonds. The molecule has 2 saturated heterocycles. The highest BCUT2D eigenvalue weighted by Gasteiger charge is 2.55. The van der Waals surface area contributed by atoms with Crippen LogP contribution in [0.2, 0.25) is 0 Å². The fourth-order valence-corrected chi connectivity index (χ4v) is 2.11. The monoisotopic (exact) mass is 221 g/mol. The highest BCUT2D eigenvalue weighted by atomic mass is 19.3. The van der Waals surface area contributed by atoms with Gasteiger partial charge in [-0.05, 0) is 0 Å². The molecule has 0 spiro atoms. The predicted octanol–water partition coefficient (Wildman–Crippen LogP) is 0.198. The number of fused-ring (bicyclic) bond motifs is 1. The number of carbonyl (C=O) groups excluding carboxylic acids is 1. The predicted molar refractivity (Wildman–Crippen MR) is 42.8 cm³/mol. The first-order valence-corrected chi connectivity index (χ1v) is 4.44. The number of carboxylic acid groups (broad SMARTS) is 1. The summed E-state index contributed by atoms with van der Waals surface area (Å²) in [6, 6.07) is -1.04. The molecule has 5 nitrogen and oxygen atoms in total. The van der Waals surface area contributed by atoms with Gasteiger partial charge in [0, 0.05) is 6.54 Å². The van der Waals surface area contributed by atoms with Crippen molar-refractivity contribution in [2.24, 2.45) is 5.92 Å². The molecular formula is C8H9F2NO4. The fourth-order valence-electron chi connectivity index (χ4n) is 2.11. The van der Waals surface area contributed by atoms with E-state index in [0.717, 1.165) is 4.90 Å². The smallest absolute Gasteiger partial charge is 0.408 e. The second-order valence-electron chi connectivity index (χ2n) is 3.62. The van der Waals surface area contributed by atoms with Gasteiger partial charge in [0.15, 0.2) is 5.78 Å². The Morgan fingerprint density at radius 2 is 2.27 bits per heavy atom. The van der Waals surface area contributed by atoms with Crippen LogP contribution in [0, 0.1) is 5.92 Å². The van der Waals surface area contributed by atoms with Crippen molar-refractivity contribution in [3.63, 3.8) is 0 Å². The highest BCUT2D eigenvalue weighted by molar-refractivity contribution is 5.91. The van der Waals surface area contributed by atoms with Gasteiger partial charge >= 0.3 is 6.09 Å². The zero-order valence-corrected chi connectivity index (χ0v) is 7.60. The van der Waals surface area contributed by atoms with E-state index in [4.69, 9.17) is 9.84 Å². The van der Waals surface area contributed by atoms with Crippen molar-refractivity contribution in [1.29, 1.82) is 0 Å². The maximum atomic E-state index is 12.5. The lowest BCUT2D eigenvalue weighted by Gasteiger charge is -2.16. The molecule has 2 aliphatic heterocycles. The van der Waals surface area contributed by atoms with Crippen LogP contribution in [0.1, 0.15) is 0 Å². The van der Waals surface area contributed by atoms with E-state index in [1.165, 1.54) is 0 Å². The van der Waals surface area contributed by atoms with Crippen molar-refractivity contribution in [3.8, 4) is 0 Å². The molecule has 0 radical (unpaired) electrons. The van der Waals surface area contributed by atoms with Crippen LogP contribution in [0.4, 0.5) is 13.6 Å². The Bertz CT molecular complexity index is 309. The van der Waals surface area contributed by atoms with Gasteiger partial charge in [-0.3, -0.25) is 9.69 Å². The van der Waals surface area contributed by atoms with E-state index in [1.807, 2.05) is 0 Å². The zero-order chi connectivity index (χ0) is 11.2. The molecule has 2 fully saturated rings. The molecule has 2 rings (SSSR count). The molecule has 84 valence electrons. The Hall–Kier alpha value is -1.24. The lowest BCUT2D eigenvalue weighted by Crippen LogP contribution is -2.41. The first-order chi connectivity index (χ1) is 7.02. The Morgan fingerprint density at radius 3 is 2.80 bits per heavy atom. The number of carbonyl (C=O) groups is 2. The number of hydrogen-bond donors (Lipinski definition) is 1. The number of ether oxygens (including phenoxy) is 1. The maximum Gasteiger partial charge on any atom is 0.408 e. The second kappa shape index (κ2) is 3.41. The van der Waals surface area contributed by atoms with Gasteiger partial charge in [-0.1, -0.05) is 0 Å². The Morgan fingerprint density at radius 1 is 1.60 bits per heavy atom. The molecule has 0 aromatic heterocycles. The van der Waals surface area contributed by atoms with E-state index in [1.54, 1.807) is 0 Å². The molecule has 7 heteroatoms. The fraction of sp³-hybridized carbons (Fsp3) is 0.750. The number of amides is 1. The topological polar surface area (TPSA) is 66.8 Å².